The first-order chi connectivity index (χ1) is 9.88. The van der Waals surface area contributed by atoms with E-state index in [4.69, 9.17) is 0 Å². The van der Waals surface area contributed by atoms with E-state index in [1.54, 1.807) is 18.3 Å². The molecule has 2 N–H and O–H groups in total. The molecule has 0 aliphatic carbocycles. The number of halogens is 1. The van der Waals surface area contributed by atoms with Crippen molar-refractivity contribution in [2.75, 3.05) is 0 Å². The van der Waals surface area contributed by atoms with Crippen LogP contribution in [0, 0.1) is 0 Å². The van der Waals surface area contributed by atoms with Crippen molar-refractivity contribution in [1.82, 2.24) is 9.97 Å². The van der Waals surface area contributed by atoms with Crippen LogP contribution in [0.25, 0.3) is 11.4 Å². The SMILES string of the molecule is CCc1cnc(-c2cc(Br)ccn2)c(CC)c1P(=O)(O)O. The molecule has 0 saturated heterocycles. The first-order valence-corrected chi connectivity index (χ1v) is 8.97. The molecule has 0 unspecified atom stereocenters. The fourth-order valence-electron chi connectivity index (χ4n) is 2.30. The van der Waals surface area contributed by atoms with Gasteiger partial charge < -0.3 is 9.79 Å². The highest BCUT2D eigenvalue weighted by Crippen LogP contribution is 2.38. The summed E-state index contributed by atoms with van der Waals surface area (Å²) in [4.78, 5) is 28.0. The first-order valence-electron chi connectivity index (χ1n) is 6.57. The van der Waals surface area contributed by atoms with Crippen LogP contribution in [0.1, 0.15) is 25.0 Å². The summed E-state index contributed by atoms with van der Waals surface area (Å²) >= 11 is 3.37. The van der Waals surface area contributed by atoms with Crippen molar-refractivity contribution < 1.29 is 14.4 Å². The maximum atomic E-state index is 11.9. The molecule has 0 saturated carbocycles. The third-order valence-corrected chi connectivity index (χ3v) is 4.85. The van der Waals surface area contributed by atoms with Crippen LogP contribution < -0.4 is 5.30 Å². The summed E-state index contributed by atoms with van der Waals surface area (Å²) in [7, 11) is -4.37. The lowest BCUT2D eigenvalue weighted by Gasteiger charge is -2.17. The topological polar surface area (TPSA) is 83.3 Å². The minimum absolute atomic E-state index is 0.0966. The first kappa shape index (κ1) is 16.3. The van der Waals surface area contributed by atoms with E-state index in [0.717, 1.165) is 4.47 Å². The third kappa shape index (κ3) is 3.40. The summed E-state index contributed by atoms with van der Waals surface area (Å²) < 4.78 is 12.7. The van der Waals surface area contributed by atoms with E-state index in [9.17, 15) is 14.4 Å². The van der Waals surface area contributed by atoms with Gasteiger partial charge in [-0.2, -0.15) is 0 Å². The van der Waals surface area contributed by atoms with Crippen LogP contribution in [0.5, 0.6) is 0 Å². The second-order valence-corrected chi connectivity index (χ2v) is 7.02. The van der Waals surface area contributed by atoms with Crippen LogP contribution in [0.3, 0.4) is 0 Å². The van der Waals surface area contributed by atoms with Gasteiger partial charge in [-0.1, -0.05) is 29.8 Å². The molecule has 7 heteroatoms. The summed E-state index contributed by atoms with van der Waals surface area (Å²) in [5.74, 6) is 0. The van der Waals surface area contributed by atoms with Crippen molar-refractivity contribution >= 4 is 28.8 Å². The zero-order valence-electron chi connectivity index (χ0n) is 11.7. The van der Waals surface area contributed by atoms with Crippen molar-refractivity contribution in [3.05, 3.63) is 40.1 Å². The second-order valence-electron chi connectivity index (χ2n) is 4.57. The fourth-order valence-corrected chi connectivity index (χ4v) is 3.84. The van der Waals surface area contributed by atoms with Crippen molar-refractivity contribution in [1.29, 1.82) is 0 Å². The Hall–Kier alpha value is -1.07. The van der Waals surface area contributed by atoms with Gasteiger partial charge in [0.05, 0.1) is 16.7 Å². The van der Waals surface area contributed by atoms with E-state index in [0.29, 0.717) is 35.4 Å². The molecule has 0 fully saturated rings. The van der Waals surface area contributed by atoms with Crippen LogP contribution in [0.2, 0.25) is 0 Å². The highest BCUT2D eigenvalue weighted by atomic mass is 79.9. The van der Waals surface area contributed by atoms with E-state index in [1.807, 2.05) is 13.8 Å². The lowest BCUT2D eigenvalue weighted by Crippen LogP contribution is -2.19. The van der Waals surface area contributed by atoms with Gasteiger partial charge in [0.1, 0.15) is 0 Å². The van der Waals surface area contributed by atoms with Gasteiger partial charge in [0.2, 0.25) is 0 Å². The molecule has 0 bridgehead atoms. The van der Waals surface area contributed by atoms with Gasteiger partial charge in [-0.15, -0.1) is 0 Å². The number of nitrogens with zero attached hydrogens (tertiary/aromatic N) is 2. The van der Waals surface area contributed by atoms with Crippen LogP contribution in [-0.4, -0.2) is 19.8 Å². The number of pyridine rings is 2. The van der Waals surface area contributed by atoms with Gasteiger partial charge in [0.15, 0.2) is 0 Å². The molecule has 0 aliphatic rings. The minimum atomic E-state index is -4.37. The number of hydrogen-bond acceptors (Lipinski definition) is 3. The Morgan fingerprint density at radius 3 is 2.48 bits per heavy atom. The number of hydrogen-bond donors (Lipinski definition) is 2. The zero-order chi connectivity index (χ0) is 15.6. The van der Waals surface area contributed by atoms with Gasteiger partial charge in [-0.05, 0) is 36.1 Å². The fraction of sp³-hybridized carbons (Fsp3) is 0.286. The smallest absolute Gasteiger partial charge is 0.321 e. The Morgan fingerprint density at radius 2 is 1.95 bits per heavy atom. The maximum absolute atomic E-state index is 11.9. The Morgan fingerprint density at radius 1 is 1.24 bits per heavy atom. The van der Waals surface area contributed by atoms with Crippen LogP contribution in [0.4, 0.5) is 0 Å². The van der Waals surface area contributed by atoms with Crippen LogP contribution >= 0.6 is 23.5 Å². The molecule has 0 amide bonds. The zero-order valence-corrected chi connectivity index (χ0v) is 14.2. The summed E-state index contributed by atoms with van der Waals surface area (Å²) in [6.07, 6.45) is 4.16. The quantitative estimate of drug-likeness (QED) is 0.808. The Labute approximate surface area is 131 Å². The van der Waals surface area contributed by atoms with Crippen LogP contribution in [0.15, 0.2) is 29.0 Å². The molecular formula is C14H16BrN2O3P. The van der Waals surface area contributed by atoms with Gasteiger partial charge in [0, 0.05) is 16.9 Å². The lowest BCUT2D eigenvalue weighted by atomic mass is 10.0. The van der Waals surface area contributed by atoms with E-state index in [2.05, 4.69) is 25.9 Å². The molecule has 2 aromatic heterocycles. The van der Waals surface area contributed by atoms with Gasteiger partial charge >= 0.3 is 7.60 Å². The molecule has 2 rings (SSSR count). The molecule has 2 aromatic rings. The van der Waals surface area contributed by atoms with E-state index in [1.165, 1.54) is 6.20 Å². The number of aromatic nitrogens is 2. The van der Waals surface area contributed by atoms with Crippen molar-refractivity contribution in [2.45, 2.75) is 26.7 Å². The highest BCUT2D eigenvalue weighted by Gasteiger charge is 2.27. The molecule has 0 radical (unpaired) electrons. The standard InChI is InChI=1S/C14H16BrN2O3P/c1-3-9-8-17-13(12-7-10(15)5-6-16-12)11(4-2)14(9)21(18,19)20/h5-8H,3-4H2,1-2H3,(H2,18,19,20). The molecule has 112 valence electrons. The molecule has 0 atom stereocenters. The van der Waals surface area contributed by atoms with E-state index < -0.39 is 7.60 Å². The summed E-state index contributed by atoms with van der Waals surface area (Å²) in [5, 5.41) is 0.0966. The molecule has 21 heavy (non-hydrogen) atoms. The molecule has 5 nitrogen and oxygen atoms in total. The molecule has 0 spiro atoms. The second kappa shape index (κ2) is 6.36. The van der Waals surface area contributed by atoms with E-state index >= 15 is 0 Å². The Kier molecular flexibility index (Phi) is 4.94. The average Bonchev–Trinajstić information content (AvgIpc) is 2.44. The average molecular weight is 371 g/mol. The normalized spacial score (nSPS) is 11.7. The summed E-state index contributed by atoms with van der Waals surface area (Å²) in [6.45, 7) is 3.71. The molecular weight excluding hydrogens is 355 g/mol. The maximum Gasteiger partial charge on any atom is 0.356 e. The van der Waals surface area contributed by atoms with E-state index in [-0.39, 0.29) is 5.30 Å². The third-order valence-electron chi connectivity index (χ3n) is 3.22. The largest absolute Gasteiger partial charge is 0.356 e. The molecule has 0 aromatic carbocycles. The Balaban J connectivity index is 2.77. The monoisotopic (exact) mass is 370 g/mol. The van der Waals surface area contributed by atoms with Crippen molar-refractivity contribution in [3.63, 3.8) is 0 Å². The van der Waals surface area contributed by atoms with Crippen molar-refractivity contribution in [3.8, 4) is 11.4 Å². The van der Waals surface area contributed by atoms with Crippen LogP contribution in [-0.2, 0) is 17.4 Å². The van der Waals surface area contributed by atoms with Gasteiger partial charge in [-0.25, -0.2) is 0 Å². The number of aryl methyl sites for hydroxylation is 1. The van der Waals surface area contributed by atoms with Gasteiger partial charge in [-0.3, -0.25) is 14.5 Å². The summed E-state index contributed by atoms with van der Waals surface area (Å²) in [5.41, 5.74) is 2.26. The molecule has 0 aliphatic heterocycles. The lowest BCUT2D eigenvalue weighted by molar-refractivity contribution is 0.387. The minimum Gasteiger partial charge on any atom is -0.321 e. The van der Waals surface area contributed by atoms with Crippen molar-refractivity contribution in [2.24, 2.45) is 0 Å². The highest BCUT2D eigenvalue weighted by molar-refractivity contribution is 9.10. The van der Waals surface area contributed by atoms with Gasteiger partial charge in [0.25, 0.3) is 0 Å². The molecule has 2 heterocycles. The predicted octanol–water partition coefficient (Wildman–Crippen LogP) is 2.83. The predicted molar refractivity (Wildman–Crippen MR) is 85.6 cm³/mol. The Bertz CT molecular complexity index is 715. The summed E-state index contributed by atoms with van der Waals surface area (Å²) in [6, 6.07) is 3.58. The number of rotatable bonds is 4.